The van der Waals surface area contributed by atoms with Crippen LogP contribution in [0, 0.1) is 12.8 Å². The lowest BCUT2D eigenvalue weighted by Gasteiger charge is -2.11. The van der Waals surface area contributed by atoms with E-state index in [0.29, 0.717) is 0 Å². The molecule has 0 aliphatic carbocycles. The Hall–Kier alpha value is -0.380. The zero-order chi connectivity index (χ0) is 11.1. The topological polar surface area (TPSA) is 38.0 Å². The van der Waals surface area contributed by atoms with Gasteiger partial charge in [0.05, 0.1) is 0 Å². The third-order valence-corrected chi connectivity index (χ3v) is 3.67. The van der Waals surface area contributed by atoms with Gasteiger partial charge >= 0.3 is 0 Å². The predicted molar refractivity (Wildman–Crippen MR) is 68.2 cm³/mol. The van der Waals surface area contributed by atoms with Gasteiger partial charge in [-0.3, -0.25) is 0 Å². The van der Waals surface area contributed by atoms with Crippen LogP contribution in [0.1, 0.15) is 30.2 Å². The van der Waals surface area contributed by atoms with Gasteiger partial charge in [-0.05, 0) is 55.8 Å². The molecule has 0 amide bonds. The molecular formula is C12H22N2S. The SMILES string of the molecule is Cc1ccsc1CNCC(C)CCCN. The van der Waals surface area contributed by atoms with Crippen molar-refractivity contribution in [3.05, 3.63) is 21.9 Å². The molecule has 0 saturated carbocycles. The third-order valence-electron chi connectivity index (χ3n) is 2.65. The fraction of sp³-hybridized carbons (Fsp3) is 0.667. The summed E-state index contributed by atoms with van der Waals surface area (Å²) >= 11 is 1.84. The smallest absolute Gasteiger partial charge is 0.0302 e. The van der Waals surface area contributed by atoms with Crippen molar-refractivity contribution in [2.75, 3.05) is 13.1 Å². The first-order chi connectivity index (χ1) is 7.24. The highest BCUT2D eigenvalue weighted by molar-refractivity contribution is 7.10. The van der Waals surface area contributed by atoms with Gasteiger partial charge in [0.25, 0.3) is 0 Å². The molecule has 0 aliphatic rings. The highest BCUT2D eigenvalue weighted by Crippen LogP contribution is 2.15. The molecule has 1 heterocycles. The summed E-state index contributed by atoms with van der Waals surface area (Å²) < 4.78 is 0. The minimum absolute atomic E-state index is 0.730. The summed E-state index contributed by atoms with van der Waals surface area (Å²) in [4.78, 5) is 1.46. The quantitative estimate of drug-likeness (QED) is 0.750. The number of thiophene rings is 1. The highest BCUT2D eigenvalue weighted by Gasteiger charge is 2.02. The Morgan fingerprint density at radius 3 is 2.93 bits per heavy atom. The standard InChI is InChI=1S/C12H22N2S/c1-10(4-3-6-13)8-14-9-12-11(2)5-7-15-12/h5,7,10,14H,3-4,6,8-9,13H2,1-2H3. The molecular weight excluding hydrogens is 204 g/mol. The fourth-order valence-corrected chi connectivity index (χ4v) is 2.46. The van der Waals surface area contributed by atoms with Crippen LogP contribution < -0.4 is 11.1 Å². The molecule has 0 spiro atoms. The van der Waals surface area contributed by atoms with Crippen LogP contribution in [0.3, 0.4) is 0 Å². The van der Waals surface area contributed by atoms with Gasteiger partial charge < -0.3 is 11.1 Å². The Labute approximate surface area is 96.9 Å². The molecule has 1 aromatic heterocycles. The van der Waals surface area contributed by atoms with E-state index in [0.717, 1.165) is 32.0 Å². The predicted octanol–water partition coefficient (Wildman–Crippen LogP) is 2.52. The maximum absolute atomic E-state index is 5.48. The molecule has 3 heteroatoms. The van der Waals surface area contributed by atoms with Crippen molar-refractivity contribution >= 4 is 11.3 Å². The Morgan fingerprint density at radius 2 is 2.33 bits per heavy atom. The first-order valence-electron chi connectivity index (χ1n) is 5.67. The Morgan fingerprint density at radius 1 is 1.53 bits per heavy atom. The van der Waals surface area contributed by atoms with E-state index >= 15 is 0 Å². The van der Waals surface area contributed by atoms with Crippen molar-refractivity contribution in [1.29, 1.82) is 0 Å². The summed E-state index contributed by atoms with van der Waals surface area (Å²) in [6, 6.07) is 2.18. The number of hydrogen-bond acceptors (Lipinski definition) is 3. The van der Waals surface area contributed by atoms with Gasteiger partial charge in [-0.25, -0.2) is 0 Å². The van der Waals surface area contributed by atoms with Gasteiger partial charge in [-0.15, -0.1) is 11.3 Å². The Balaban J connectivity index is 2.13. The lowest BCUT2D eigenvalue weighted by Crippen LogP contribution is -2.21. The summed E-state index contributed by atoms with van der Waals surface area (Å²) in [6.07, 6.45) is 2.37. The number of nitrogens with two attached hydrogens (primary N) is 1. The minimum Gasteiger partial charge on any atom is -0.330 e. The third kappa shape index (κ3) is 4.78. The van der Waals surface area contributed by atoms with E-state index in [1.807, 2.05) is 11.3 Å². The number of hydrogen-bond donors (Lipinski definition) is 2. The van der Waals surface area contributed by atoms with Crippen molar-refractivity contribution < 1.29 is 0 Å². The van der Waals surface area contributed by atoms with Crippen LogP contribution >= 0.6 is 11.3 Å². The average Bonchev–Trinajstić information content (AvgIpc) is 2.61. The van der Waals surface area contributed by atoms with Gasteiger partial charge in [0.1, 0.15) is 0 Å². The lowest BCUT2D eigenvalue weighted by molar-refractivity contribution is 0.470. The number of rotatable bonds is 7. The van der Waals surface area contributed by atoms with Gasteiger partial charge in [0, 0.05) is 11.4 Å². The van der Waals surface area contributed by atoms with Gasteiger partial charge in [0.2, 0.25) is 0 Å². The molecule has 0 saturated heterocycles. The van der Waals surface area contributed by atoms with Crippen LogP contribution in [0.25, 0.3) is 0 Å². The van der Waals surface area contributed by atoms with Crippen molar-refractivity contribution in [3.8, 4) is 0 Å². The van der Waals surface area contributed by atoms with Crippen LogP contribution in [-0.2, 0) is 6.54 Å². The zero-order valence-electron chi connectivity index (χ0n) is 9.75. The molecule has 15 heavy (non-hydrogen) atoms. The van der Waals surface area contributed by atoms with Crippen molar-refractivity contribution in [2.24, 2.45) is 11.7 Å². The van der Waals surface area contributed by atoms with Crippen LogP contribution in [-0.4, -0.2) is 13.1 Å². The van der Waals surface area contributed by atoms with E-state index in [1.54, 1.807) is 0 Å². The van der Waals surface area contributed by atoms with Crippen LogP contribution in [0.2, 0.25) is 0 Å². The Bertz CT molecular complexity index is 270. The second-order valence-corrected chi connectivity index (χ2v) is 5.19. The number of aryl methyl sites for hydroxylation is 1. The summed E-state index contributed by atoms with van der Waals surface area (Å²) in [5, 5.41) is 5.66. The first-order valence-corrected chi connectivity index (χ1v) is 6.55. The van der Waals surface area contributed by atoms with Crippen LogP contribution in [0.4, 0.5) is 0 Å². The summed E-state index contributed by atoms with van der Waals surface area (Å²) in [5.74, 6) is 0.730. The molecule has 0 bridgehead atoms. The van der Waals surface area contributed by atoms with E-state index in [-0.39, 0.29) is 0 Å². The molecule has 0 aliphatic heterocycles. The van der Waals surface area contributed by atoms with Crippen LogP contribution in [0.15, 0.2) is 11.4 Å². The van der Waals surface area contributed by atoms with E-state index in [1.165, 1.54) is 16.9 Å². The lowest BCUT2D eigenvalue weighted by atomic mass is 10.1. The monoisotopic (exact) mass is 226 g/mol. The number of nitrogens with one attached hydrogen (secondary N) is 1. The summed E-state index contributed by atoms with van der Waals surface area (Å²) in [7, 11) is 0. The molecule has 1 rings (SSSR count). The van der Waals surface area contributed by atoms with Crippen LogP contribution in [0.5, 0.6) is 0 Å². The molecule has 86 valence electrons. The molecule has 0 fully saturated rings. The zero-order valence-corrected chi connectivity index (χ0v) is 10.6. The van der Waals surface area contributed by atoms with E-state index < -0.39 is 0 Å². The summed E-state index contributed by atoms with van der Waals surface area (Å²) in [6.45, 7) is 7.37. The van der Waals surface area contributed by atoms with Gasteiger partial charge in [-0.1, -0.05) is 6.92 Å². The molecule has 0 radical (unpaired) electrons. The van der Waals surface area contributed by atoms with E-state index in [2.05, 4.69) is 30.6 Å². The van der Waals surface area contributed by atoms with E-state index in [4.69, 9.17) is 5.73 Å². The second kappa shape index (κ2) is 6.99. The maximum Gasteiger partial charge on any atom is 0.0302 e. The maximum atomic E-state index is 5.48. The molecule has 1 aromatic rings. The highest BCUT2D eigenvalue weighted by atomic mass is 32.1. The average molecular weight is 226 g/mol. The molecule has 0 aromatic carbocycles. The molecule has 1 atom stereocenters. The Kier molecular flexibility index (Phi) is 5.91. The van der Waals surface area contributed by atoms with Crippen molar-refractivity contribution in [1.82, 2.24) is 5.32 Å². The molecule has 3 N–H and O–H groups in total. The minimum atomic E-state index is 0.730. The molecule has 2 nitrogen and oxygen atoms in total. The fourth-order valence-electron chi connectivity index (χ4n) is 1.59. The van der Waals surface area contributed by atoms with Gasteiger partial charge in [-0.2, -0.15) is 0 Å². The second-order valence-electron chi connectivity index (χ2n) is 4.19. The largest absolute Gasteiger partial charge is 0.330 e. The van der Waals surface area contributed by atoms with Gasteiger partial charge in [0.15, 0.2) is 0 Å². The molecule has 1 unspecified atom stereocenters. The van der Waals surface area contributed by atoms with E-state index in [9.17, 15) is 0 Å². The van der Waals surface area contributed by atoms with Crippen molar-refractivity contribution in [3.63, 3.8) is 0 Å². The normalized spacial score (nSPS) is 13.0. The first kappa shape index (κ1) is 12.7. The summed E-state index contributed by atoms with van der Waals surface area (Å²) in [5.41, 5.74) is 6.89. The van der Waals surface area contributed by atoms with Crippen molar-refractivity contribution in [2.45, 2.75) is 33.2 Å².